The van der Waals surface area contributed by atoms with Crippen molar-refractivity contribution in [3.05, 3.63) is 77.4 Å². The van der Waals surface area contributed by atoms with Crippen LogP contribution in [0.1, 0.15) is 42.9 Å². The quantitative estimate of drug-likeness (QED) is 0.314. The second-order valence-corrected chi connectivity index (χ2v) is 6.71. The molecular weight excluding hydrogens is 342 g/mol. The molecule has 0 aliphatic heterocycles. The number of halogens is 2. The molecule has 0 amide bonds. The number of hydrogen-bond acceptors (Lipinski definition) is 1. The third kappa shape index (κ3) is 4.54. The average Bonchev–Trinajstić information content (AvgIpc) is 2.72. The van der Waals surface area contributed by atoms with E-state index in [1.54, 1.807) is 24.3 Å². The third-order valence-corrected chi connectivity index (χ3v) is 4.76. The van der Waals surface area contributed by atoms with Crippen LogP contribution in [0.15, 0.2) is 60.7 Å². The van der Waals surface area contributed by atoms with Gasteiger partial charge in [-0.05, 0) is 59.5 Å². The first-order valence-corrected chi connectivity index (χ1v) is 9.35. The molecule has 1 nitrogen and oxygen atoms in total. The molecule has 0 atom stereocenters. The zero-order valence-electron chi connectivity index (χ0n) is 15.8. The smallest absolute Gasteiger partial charge is 0.166 e. The van der Waals surface area contributed by atoms with E-state index in [1.165, 1.54) is 44.1 Å². The molecule has 3 heteroatoms. The molecule has 0 aliphatic carbocycles. The Morgan fingerprint density at radius 1 is 0.778 bits per heavy atom. The SMILES string of the molecule is CCCCCc1ccc2cc(C(F)=C(F)c3ccc(OC)cc3)ccc2c1. The first kappa shape index (κ1) is 19.1. The molecule has 140 valence electrons. The lowest BCUT2D eigenvalue weighted by atomic mass is 10.00. The number of fused-ring (bicyclic) bond motifs is 1. The minimum Gasteiger partial charge on any atom is -0.497 e. The molecule has 0 unspecified atom stereocenters. The fraction of sp³-hybridized carbons (Fsp3) is 0.250. The van der Waals surface area contributed by atoms with Gasteiger partial charge in [-0.1, -0.05) is 50.1 Å². The summed E-state index contributed by atoms with van der Waals surface area (Å²) in [4.78, 5) is 0. The number of rotatable bonds is 7. The highest BCUT2D eigenvalue weighted by Gasteiger charge is 2.12. The Kier molecular flexibility index (Phi) is 6.23. The Labute approximate surface area is 159 Å². The van der Waals surface area contributed by atoms with Gasteiger partial charge in [0.15, 0.2) is 11.7 Å². The van der Waals surface area contributed by atoms with Gasteiger partial charge in [-0.25, -0.2) is 8.78 Å². The van der Waals surface area contributed by atoms with Crippen molar-refractivity contribution in [2.75, 3.05) is 7.11 Å². The molecule has 3 rings (SSSR count). The van der Waals surface area contributed by atoms with Crippen LogP contribution in [0.25, 0.3) is 22.4 Å². The molecule has 0 aliphatic rings. The van der Waals surface area contributed by atoms with Gasteiger partial charge in [0, 0.05) is 11.1 Å². The van der Waals surface area contributed by atoms with E-state index in [9.17, 15) is 8.78 Å². The molecule has 3 aromatic rings. The van der Waals surface area contributed by atoms with E-state index in [1.807, 2.05) is 12.1 Å². The van der Waals surface area contributed by atoms with Crippen LogP contribution < -0.4 is 4.74 Å². The predicted molar refractivity (Wildman–Crippen MR) is 109 cm³/mol. The number of methoxy groups -OCH3 is 1. The molecule has 3 aromatic carbocycles. The van der Waals surface area contributed by atoms with E-state index in [4.69, 9.17) is 4.74 Å². The van der Waals surface area contributed by atoms with Gasteiger partial charge in [-0.3, -0.25) is 0 Å². The molecule has 0 spiro atoms. The highest BCUT2D eigenvalue weighted by molar-refractivity contribution is 5.90. The van der Waals surface area contributed by atoms with Crippen molar-refractivity contribution in [2.45, 2.75) is 32.6 Å². The normalized spacial score (nSPS) is 12.1. The number of aryl methyl sites for hydroxylation is 1. The maximum Gasteiger partial charge on any atom is 0.166 e. The fourth-order valence-corrected chi connectivity index (χ4v) is 3.16. The summed E-state index contributed by atoms with van der Waals surface area (Å²) >= 11 is 0. The van der Waals surface area contributed by atoms with Gasteiger partial charge >= 0.3 is 0 Å². The summed E-state index contributed by atoms with van der Waals surface area (Å²) in [5.74, 6) is -1.12. The van der Waals surface area contributed by atoms with Crippen molar-refractivity contribution in [2.24, 2.45) is 0 Å². The van der Waals surface area contributed by atoms with E-state index in [0.29, 0.717) is 5.75 Å². The van der Waals surface area contributed by atoms with Crippen LogP contribution in [0, 0.1) is 0 Å². The van der Waals surface area contributed by atoms with Crippen molar-refractivity contribution in [3.8, 4) is 5.75 Å². The Hall–Kier alpha value is -2.68. The van der Waals surface area contributed by atoms with Gasteiger partial charge in [-0.15, -0.1) is 0 Å². The largest absolute Gasteiger partial charge is 0.497 e. The Bertz CT molecular complexity index is 942. The predicted octanol–water partition coefficient (Wildman–Crippen LogP) is 7.35. The molecule has 0 saturated carbocycles. The summed E-state index contributed by atoms with van der Waals surface area (Å²) in [7, 11) is 1.53. The van der Waals surface area contributed by atoms with Gasteiger partial charge in [-0.2, -0.15) is 0 Å². The Morgan fingerprint density at radius 3 is 2.11 bits per heavy atom. The Morgan fingerprint density at radius 2 is 1.41 bits per heavy atom. The topological polar surface area (TPSA) is 9.23 Å². The minimum atomic E-state index is -0.867. The first-order chi connectivity index (χ1) is 13.1. The van der Waals surface area contributed by atoms with Crippen LogP contribution in [-0.4, -0.2) is 7.11 Å². The Balaban J connectivity index is 1.87. The van der Waals surface area contributed by atoms with Crippen LogP contribution >= 0.6 is 0 Å². The first-order valence-electron chi connectivity index (χ1n) is 9.35. The van der Waals surface area contributed by atoms with Gasteiger partial charge in [0.25, 0.3) is 0 Å². The van der Waals surface area contributed by atoms with E-state index in [-0.39, 0.29) is 11.1 Å². The van der Waals surface area contributed by atoms with Crippen molar-refractivity contribution in [1.82, 2.24) is 0 Å². The molecule has 0 fully saturated rings. The summed E-state index contributed by atoms with van der Waals surface area (Å²) in [5.41, 5.74) is 1.72. The molecular formula is C24H24F2O. The van der Waals surface area contributed by atoms with Crippen LogP contribution in [0.3, 0.4) is 0 Å². The van der Waals surface area contributed by atoms with E-state index in [0.717, 1.165) is 17.2 Å². The van der Waals surface area contributed by atoms with Crippen molar-refractivity contribution in [3.63, 3.8) is 0 Å². The third-order valence-electron chi connectivity index (χ3n) is 4.76. The van der Waals surface area contributed by atoms with Crippen molar-refractivity contribution in [1.29, 1.82) is 0 Å². The number of benzene rings is 3. The van der Waals surface area contributed by atoms with E-state index >= 15 is 0 Å². The molecule has 0 radical (unpaired) electrons. The van der Waals surface area contributed by atoms with E-state index in [2.05, 4.69) is 19.1 Å². The van der Waals surface area contributed by atoms with Crippen LogP contribution in [0.4, 0.5) is 8.78 Å². The van der Waals surface area contributed by atoms with E-state index < -0.39 is 11.7 Å². The molecule has 0 aromatic heterocycles. The monoisotopic (exact) mass is 366 g/mol. The average molecular weight is 366 g/mol. The zero-order chi connectivity index (χ0) is 19.2. The highest BCUT2D eigenvalue weighted by Crippen LogP contribution is 2.31. The van der Waals surface area contributed by atoms with Crippen LogP contribution in [-0.2, 0) is 6.42 Å². The minimum absolute atomic E-state index is 0.194. The summed E-state index contributed by atoms with van der Waals surface area (Å²) in [6.07, 6.45) is 4.64. The summed E-state index contributed by atoms with van der Waals surface area (Å²) in [5, 5.41) is 1.95. The summed E-state index contributed by atoms with van der Waals surface area (Å²) in [6, 6.07) is 17.6. The van der Waals surface area contributed by atoms with Gasteiger partial charge < -0.3 is 4.74 Å². The lowest BCUT2D eigenvalue weighted by molar-refractivity contribution is 0.414. The second-order valence-electron chi connectivity index (χ2n) is 6.71. The van der Waals surface area contributed by atoms with Crippen LogP contribution in [0.5, 0.6) is 5.75 Å². The molecule has 27 heavy (non-hydrogen) atoms. The van der Waals surface area contributed by atoms with Crippen LogP contribution in [0.2, 0.25) is 0 Å². The molecule has 0 saturated heterocycles. The highest BCUT2D eigenvalue weighted by atomic mass is 19.2. The summed E-state index contributed by atoms with van der Waals surface area (Å²) in [6.45, 7) is 2.19. The fourth-order valence-electron chi connectivity index (χ4n) is 3.16. The maximum absolute atomic E-state index is 14.7. The summed E-state index contributed by atoms with van der Waals surface area (Å²) < 4.78 is 34.3. The van der Waals surface area contributed by atoms with Gasteiger partial charge in [0.05, 0.1) is 7.11 Å². The lowest BCUT2D eigenvalue weighted by Crippen LogP contribution is -1.88. The number of ether oxygens (including phenoxy) is 1. The van der Waals surface area contributed by atoms with Gasteiger partial charge in [0.2, 0.25) is 0 Å². The zero-order valence-corrected chi connectivity index (χ0v) is 15.8. The lowest BCUT2D eigenvalue weighted by Gasteiger charge is -2.07. The number of unbranched alkanes of at least 4 members (excludes halogenated alkanes) is 2. The van der Waals surface area contributed by atoms with Gasteiger partial charge in [0.1, 0.15) is 5.75 Å². The molecule has 0 heterocycles. The molecule has 0 bridgehead atoms. The maximum atomic E-state index is 14.7. The molecule has 0 N–H and O–H groups in total. The standard InChI is InChI=1S/C24H24F2O/c1-3-4-5-6-17-7-8-20-16-21(10-9-19(20)15-17)24(26)23(25)18-11-13-22(27-2)14-12-18/h7-16H,3-6H2,1-2H3. The van der Waals surface area contributed by atoms with Crippen molar-refractivity contribution >= 4 is 22.4 Å². The number of hydrogen-bond donors (Lipinski definition) is 0. The second kappa shape index (κ2) is 8.81. The van der Waals surface area contributed by atoms with Crippen molar-refractivity contribution < 1.29 is 13.5 Å².